The monoisotopic (exact) mass is 383 g/mol. The zero-order valence-electron chi connectivity index (χ0n) is 16.4. The van der Waals surface area contributed by atoms with Gasteiger partial charge in [0.15, 0.2) is 5.43 Å². The van der Waals surface area contributed by atoms with E-state index >= 15 is 0 Å². The quantitative estimate of drug-likeness (QED) is 0.838. The topological polar surface area (TPSA) is 93.7 Å². The van der Waals surface area contributed by atoms with E-state index in [1.807, 2.05) is 26.0 Å². The van der Waals surface area contributed by atoms with Crippen LogP contribution in [-0.4, -0.2) is 57.9 Å². The number of benzene rings is 1. The fourth-order valence-corrected chi connectivity index (χ4v) is 4.87. The number of nitrogens with one attached hydrogen (secondary N) is 1. The number of carbonyl (C=O) groups excluding carboxylic acids is 1. The molecule has 2 aromatic rings. The number of fused-ring (bicyclic) bond motifs is 2. The van der Waals surface area contributed by atoms with Gasteiger partial charge in [-0.1, -0.05) is 12.1 Å². The highest BCUT2D eigenvalue weighted by Crippen LogP contribution is 2.43. The molecule has 7 nitrogen and oxygen atoms in total. The molecular formula is C21H25N3O4. The minimum Gasteiger partial charge on any atom is -0.481 e. The smallest absolute Gasteiger partial charge is 0.313 e. The molecule has 1 aromatic carbocycles. The maximum Gasteiger partial charge on any atom is 0.313 e. The molecule has 1 aromatic heterocycles. The molecular weight excluding hydrogens is 358 g/mol. The molecule has 2 N–H and O–H groups in total. The Morgan fingerprint density at radius 3 is 2.57 bits per heavy atom. The molecule has 2 atom stereocenters. The summed E-state index contributed by atoms with van der Waals surface area (Å²) < 4.78 is 0. The SMILES string of the molecule is CC(=O)N1C[C@H]2CN(Cc3cc(=O)c4c(C)ccc(C)c4[nH]3)C[C@@]2(C(=O)O)C1. The molecule has 2 aliphatic rings. The number of carboxylic acids is 1. The van der Waals surface area contributed by atoms with E-state index in [4.69, 9.17) is 0 Å². The second kappa shape index (κ2) is 6.44. The van der Waals surface area contributed by atoms with Gasteiger partial charge in [0.1, 0.15) is 5.41 Å². The summed E-state index contributed by atoms with van der Waals surface area (Å²) in [6, 6.07) is 5.57. The number of aromatic amines is 1. The molecule has 2 saturated heterocycles. The molecule has 3 heterocycles. The summed E-state index contributed by atoms with van der Waals surface area (Å²) in [5.74, 6) is -1.02. The Hall–Kier alpha value is -2.67. The number of hydrogen-bond acceptors (Lipinski definition) is 4. The van der Waals surface area contributed by atoms with E-state index in [1.54, 1.807) is 11.0 Å². The number of pyridine rings is 1. The molecule has 0 bridgehead atoms. The van der Waals surface area contributed by atoms with Crippen LogP contribution in [0.2, 0.25) is 0 Å². The summed E-state index contributed by atoms with van der Waals surface area (Å²) in [6.07, 6.45) is 0. The molecule has 0 aliphatic carbocycles. The number of aryl methyl sites for hydroxylation is 2. The highest BCUT2D eigenvalue weighted by atomic mass is 16.4. The van der Waals surface area contributed by atoms with Crippen LogP contribution < -0.4 is 5.43 Å². The average molecular weight is 383 g/mol. The second-order valence-electron chi connectivity index (χ2n) is 8.34. The van der Waals surface area contributed by atoms with Crippen molar-refractivity contribution in [1.82, 2.24) is 14.8 Å². The minimum absolute atomic E-state index is 0.0138. The first-order valence-electron chi connectivity index (χ1n) is 9.54. The Balaban J connectivity index is 1.62. The first-order valence-corrected chi connectivity index (χ1v) is 9.54. The molecule has 7 heteroatoms. The molecule has 1 amide bonds. The molecule has 0 radical (unpaired) electrons. The van der Waals surface area contributed by atoms with Gasteiger partial charge in [0, 0.05) is 62.7 Å². The standard InChI is InChI=1S/C21H25N3O4/c1-12-4-5-13(2)19-18(12)17(26)6-16(22-19)9-23-7-15-8-24(14(3)25)11-21(15,10-23)20(27)28/h4-6,15H,7-11H2,1-3H3,(H,22,26)(H,27,28)/t15-,21-/m1/s1. The lowest BCUT2D eigenvalue weighted by Gasteiger charge is -2.25. The summed E-state index contributed by atoms with van der Waals surface area (Å²) in [5, 5.41) is 10.6. The number of nitrogens with zero attached hydrogens (tertiary/aromatic N) is 2. The van der Waals surface area contributed by atoms with Crippen LogP contribution >= 0.6 is 0 Å². The van der Waals surface area contributed by atoms with Crippen LogP contribution in [0.3, 0.4) is 0 Å². The predicted octanol–water partition coefficient (Wildman–Crippen LogP) is 1.51. The van der Waals surface area contributed by atoms with Gasteiger partial charge in [0.25, 0.3) is 0 Å². The Morgan fingerprint density at radius 2 is 1.93 bits per heavy atom. The Labute approximate surface area is 162 Å². The first kappa shape index (κ1) is 18.7. The van der Waals surface area contributed by atoms with Crippen molar-refractivity contribution in [2.45, 2.75) is 27.3 Å². The number of aliphatic carboxylic acids is 1. The summed E-state index contributed by atoms with van der Waals surface area (Å²) in [5.41, 5.74) is 2.65. The van der Waals surface area contributed by atoms with E-state index in [-0.39, 0.29) is 23.8 Å². The fourth-order valence-electron chi connectivity index (χ4n) is 4.87. The van der Waals surface area contributed by atoms with Crippen LogP contribution in [0.15, 0.2) is 23.0 Å². The van der Waals surface area contributed by atoms with Crippen molar-refractivity contribution in [1.29, 1.82) is 0 Å². The molecule has 28 heavy (non-hydrogen) atoms. The van der Waals surface area contributed by atoms with Gasteiger partial charge in [0.2, 0.25) is 5.91 Å². The number of amides is 1. The summed E-state index contributed by atoms with van der Waals surface area (Å²) >= 11 is 0. The maximum absolute atomic E-state index is 12.7. The van der Waals surface area contributed by atoms with Crippen LogP contribution in [0.25, 0.3) is 10.9 Å². The largest absolute Gasteiger partial charge is 0.481 e. The third-order valence-corrected chi connectivity index (χ3v) is 6.40. The van der Waals surface area contributed by atoms with Crippen molar-refractivity contribution in [2.24, 2.45) is 11.3 Å². The van der Waals surface area contributed by atoms with E-state index in [1.165, 1.54) is 6.92 Å². The number of aromatic nitrogens is 1. The predicted molar refractivity (Wildman–Crippen MR) is 105 cm³/mol. The van der Waals surface area contributed by atoms with Crippen LogP contribution in [-0.2, 0) is 16.1 Å². The minimum atomic E-state index is -0.921. The van der Waals surface area contributed by atoms with E-state index in [0.29, 0.717) is 31.6 Å². The van der Waals surface area contributed by atoms with E-state index < -0.39 is 11.4 Å². The Morgan fingerprint density at radius 1 is 1.21 bits per heavy atom. The van der Waals surface area contributed by atoms with E-state index in [0.717, 1.165) is 22.3 Å². The lowest BCUT2D eigenvalue weighted by Crippen LogP contribution is -2.41. The number of carbonyl (C=O) groups is 2. The Kier molecular flexibility index (Phi) is 4.30. The second-order valence-corrected chi connectivity index (χ2v) is 8.34. The van der Waals surface area contributed by atoms with Gasteiger partial charge in [-0.3, -0.25) is 19.3 Å². The normalized spacial score (nSPS) is 24.7. The van der Waals surface area contributed by atoms with Gasteiger partial charge in [-0.05, 0) is 25.0 Å². The molecule has 148 valence electrons. The van der Waals surface area contributed by atoms with Gasteiger partial charge >= 0.3 is 5.97 Å². The molecule has 0 saturated carbocycles. The van der Waals surface area contributed by atoms with Gasteiger partial charge in [0.05, 0.1) is 5.52 Å². The lowest BCUT2D eigenvalue weighted by atomic mass is 9.81. The van der Waals surface area contributed by atoms with Crippen molar-refractivity contribution in [3.05, 3.63) is 45.2 Å². The number of hydrogen-bond donors (Lipinski definition) is 2. The Bertz CT molecular complexity index is 1040. The van der Waals surface area contributed by atoms with Crippen molar-refractivity contribution in [3.63, 3.8) is 0 Å². The van der Waals surface area contributed by atoms with Crippen LogP contribution in [0.5, 0.6) is 0 Å². The summed E-state index contributed by atoms with van der Waals surface area (Å²) in [4.78, 5) is 43.5. The maximum atomic E-state index is 12.7. The molecule has 0 spiro atoms. The van der Waals surface area contributed by atoms with E-state index in [2.05, 4.69) is 9.88 Å². The van der Waals surface area contributed by atoms with Crippen molar-refractivity contribution >= 4 is 22.8 Å². The van der Waals surface area contributed by atoms with Gasteiger partial charge < -0.3 is 15.0 Å². The third kappa shape index (κ3) is 2.81. The zero-order chi connectivity index (χ0) is 20.2. The average Bonchev–Trinajstić information content (AvgIpc) is 3.13. The number of likely N-dealkylation sites (tertiary alicyclic amines) is 2. The molecule has 2 aliphatic heterocycles. The van der Waals surface area contributed by atoms with Crippen molar-refractivity contribution < 1.29 is 14.7 Å². The number of carboxylic acid groups (broad SMARTS) is 1. The summed E-state index contributed by atoms with van der Waals surface area (Å²) in [6.45, 7) is 7.58. The zero-order valence-corrected chi connectivity index (χ0v) is 16.4. The highest BCUT2D eigenvalue weighted by Gasteiger charge is 2.58. The van der Waals surface area contributed by atoms with Crippen LogP contribution in [0, 0.1) is 25.2 Å². The van der Waals surface area contributed by atoms with Gasteiger partial charge in [-0.25, -0.2) is 0 Å². The number of rotatable bonds is 3. The van der Waals surface area contributed by atoms with Crippen molar-refractivity contribution in [2.75, 3.05) is 26.2 Å². The van der Waals surface area contributed by atoms with Crippen LogP contribution in [0.1, 0.15) is 23.7 Å². The molecule has 0 unspecified atom stereocenters. The fraction of sp³-hybridized carbons (Fsp3) is 0.476. The third-order valence-electron chi connectivity index (χ3n) is 6.40. The van der Waals surface area contributed by atoms with Crippen LogP contribution in [0.4, 0.5) is 0 Å². The van der Waals surface area contributed by atoms with Gasteiger partial charge in [-0.15, -0.1) is 0 Å². The molecule has 2 fully saturated rings. The summed E-state index contributed by atoms with van der Waals surface area (Å²) in [7, 11) is 0. The lowest BCUT2D eigenvalue weighted by molar-refractivity contribution is -0.149. The highest BCUT2D eigenvalue weighted by molar-refractivity contribution is 5.85. The van der Waals surface area contributed by atoms with E-state index in [9.17, 15) is 19.5 Å². The van der Waals surface area contributed by atoms with Crippen molar-refractivity contribution in [3.8, 4) is 0 Å². The number of H-pyrrole nitrogens is 1. The van der Waals surface area contributed by atoms with Gasteiger partial charge in [-0.2, -0.15) is 0 Å². The first-order chi connectivity index (χ1) is 13.2. The molecule has 4 rings (SSSR count).